The van der Waals surface area contributed by atoms with E-state index in [0.29, 0.717) is 5.92 Å². The van der Waals surface area contributed by atoms with Gasteiger partial charge in [0.1, 0.15) is 5.75 Å². The predicted molar refractivity (Wildman–Crippen MR) is 71.7 cm³/mol. The average molecular weight is 244 g/mol. The smallest absolute Gasteiger partial charge is 0.123 e. The topological polar surface area (TPSA) is 45.0 Å². The van der Waals surface area contributed by atoms with Crippen LogP contribution in [0.5, 0.6) is 5.75 Å². The van der Waals surface area contributed by atoms with Crippen LogP contribution in [0.2, 0.25) is 0 Å². The molecule has 0 aliphatic carbocycles. The molecule has 0 radical (unpaired) electrons. The van der Waals surface area contributed by atoms with Crippen molar-refractivity contribution in [3.8, 4) is 11.8 Å². The Bertz CT molecular complexity index is 444. The number of piperidine rings is 1. The van der Waals surface area contributed by atoms with Gasteiger partial charge >= 0.3 is 0 Å². The Morgan fingerprint density at radius 1 is 1.50 bits per heavy atom. The number of hydrogen-bond acceptors (Lipinski definition) is 3. The van der Waals surface area contributed by atoms with Crippen molar-refractivity contribution in [2.24, 2.45) is 5.92 Å². The fourth-order valence-electron chi connectivity index (χ4n) is 2.69. The summed E-state index contributed by atoms with van der Waals surface area (Å²) in [5.74, 6) is 1.14. The van der Waals surface area contributed by atoms with Crippen molar-refractivity contribution in [1.29, 1.82) is 5.26 Å². The summed E-state index contributed by atoms with van der Waals surface area (Å²) >= 11 is 0. The monoisotopic (exact) mass is 244 g/mol. The first-order valence-electron chi connectivity index (χ1n) is 6.51. The fraction of sp³-hybridized carbons (Fsp3) is 0.533. The van der Waals surface area contributed by atoms with E-state index in [1.54, 1.807) is 7.11 Å². The van der Waals surface area contributed by atoms with Crippen LogP contribution in [-0.2, 0) is 0 Å². The van der Waals surface area contributed by atoms with Gasteiger partial charge in [0.25, 0.3) is 0 Å². The molecule has 1 aliphatic rings. The molecular weight excluding hydrogens is 224 g/mol. The number of hydrogen-bond donors (Lipinski definition) is 1. The maximum atomic E-state index is 9.51. The van der Waals surface area contributed by atoms with Gasteiger partial charge in [-0.1, -0.05) is 17.7 Å². The molecule has 0 saturated carbocycles. The molecule has 1 aromatic rings. The highest BCUT2D eigenvalue weighted by molar-refractivity contribution is 5.42. The van der Waals surface area contributed by atoms with Crippen molar-refractivity contribution in [1.82, 2.24) is 5.32 Å². The number of nitrogens with one attached hydrogen (secondary N) is 1. The second-order valence-corrected chi connectivity index (χ2v) is 4.96. The standard InChI is InChI=1S/C15H20N2O/c1-11-5-6-15(18-2)13(8-11)14(9-16)12-4-3-7-17-10-12/h5-6,8,12,14,17H,3-4,7,10H2,1-2H3. The van der Waals surface area contributed by atoms with Crippen LogP contribution in [0, 0.1) is 24.2 Å². The molecule has 3 nitrogen and oxygen atoms in total. The second-order valence-electron chi connectivity index (χ2n) is 4.96. The Morgan fingerprint density at radius 3 is 2.94 bits per heavy atom. The van der Waals surface area contributed by atoms with Crippen LogP contribution >= 0.6 is 0 Å². The molecule has 0 bridgehead atoms. The number of nitriles is 1. The highest BCUT2D eigenvalue weighted by Crippen LogP contribution is 2.35. The molecule has 18 heavy (non-hydrogen) atoms. The lowest BCUT2D eigenvalue weighted by atomic mass is 9.81. The molecule has 1 fully saturated rings. The first-order valence-corrected chi connectivity index (χ1v) is 6.51. The van der Waals surface area contributed by atoms with Gasteiger partial charge in [0.15, 0.2) is 0 Å². The van der Waals surface area contributed by atoms with E-state index in [1.807, 2.05) is 12.1 Å². The van der Waals surface area contributed by atoms with Gasteiger partial charge in [-0.25, -0.2) is 0 Å². The maximum Gasteiger partial charge on any atom is 0.123 e. The number of rotatable bonds is 3. The number of nitrogens with zero attached hydrogens (tertiary/aromatic N) is 1. The van der Waals surface area contributed by atoms with Crippen molar-refractivity contribution >= 4 is 0 Å². The summed E-state index contributed by atoms with van der Waals surface area (Å²) in [5.41, 5.74) is 2.21. The predicted octanol–water partition coefficient (Wildman–Crippen LogP) is 2.61. The molecule has 1 saturated heterocycles. The zero-order valence-electron chi connectivity index (χ0n) is 11.1. The third-order valence-electron chi connectivity index (χ3n) is 3.67. The molecule has 0 spiro atoms. The van der Waals surface area contributed by atoms with Crippen LogP contribution < -0.4 is 10.1 Å². The minimum absolute atomic E-state index is 0.0763. The number of methoxy groups -OCH3 is 1. The molecule has 2 unspecified atom stereocenters. The van der Waals surface area contributed by atoms with E-state index in [0.717, 1.165) is 37.2 Å². The summed E-state index contributed by atoms with van der Waals surface area (Å²) in [7, 11) is 1.67. The Morgan fingerprint density at radius 2 is 2.33 bits per heavy atom. The Kier molecular flexibility index (Phi) is 4.22. The third-order valence-corrected chi connectivity index (χ3v) is 3.67. The SMILES string of the molecule is COc1ccc(C)cc1C(C#N)C1CCCNC1. The Balaban J connectivity index is 2.31. The zero-order valence-corrected chi connectivity index (χ0v) is 11.1. The van der Waals surface area contributed by atoms with Crippen LogP contribution in [0.4, 0.5) is 0 Å². The lowest BCUT2D eigenvalue weighted by molar-refractivity contribution is 0.344. The molecular formula is C15H20N2O. The lowest BCUT2D eigenvalue weighted by Gasteiger charge is -2.27. The van der Waals surface area contributed by atoms with Crippen LogP contribution in [0.25, 0.3) is 0 Å². The van der Waals surface area contributed by atoms with Gasteiger partial charge in [0, 0.05) is 5.56 Å². The van der Waals surface area contributed by atoms with E-state index < -0.39 is 0 Å². The van der Waals surface area contributed by atoms with Gasteiger partial charge in [-0.05, 0) is 44.8 Å². The summed E-state index contributed by atoms with van der Waals surface area (Å²) in [6.07, 6.45) is 2.26. The number of ether oxygens (including phenoxy) is 1. The third kappa shape index (κ3) is 2.65. The lowest BCUT2D eigenvalue weighted by Crippen LogP contribution is -2.33. The van der Waals surface area contributed by atoms with Crippen molar-refractivity contribution in [2.45, 2.75) is 25.7 Å². The molecule has 0 amide bonds. The van der Waals surface area contributed by atoms with Crippen molar-refractivity contribution in [2.75, 3.05) is 20.2 Å². The van der Waals surface area contributed by atoms with E-state index in [-0.39, 0.29) is 5.92 Å². The van der Waals surface area contributed by atoms with E-state index in [9.17, 15) is 5.26 Å². The quantitative estimate of drug-likeness (QED) is 0.889. The summed E-state index contributed by atoms with van der Waals surface area (Å²) in [4.78, 5) is 0. The van der Waals surface area contributed by atoms with Crippen molar-refractivity contribution < 1.29 is 4.74 Å². The molecule has 96 valence electrons. The largest absolute Gasteiger partial charge is 0.496 e. The summed E-state index contributed by atoms with van der Waals surface area (Å²) in [5, 5.41) is 12.9. The van der Waals surface area contributed by atoms with Crippen LogP contribution in [0.1, 0.15) is 29.9 Å². The summed E-state index contributed by atoms with van der Waals surface area (Å²) in [6, 6.07) is 8.54. The molecule has 1 aliphatic heterocycles. The van der Waals surface area contributed by atoms with Gasteiger partial charge in [0.2, 0.25) is 0 Å². The summed E-state index contributed by atoms with van der Waals surface area (Å²) in [6.45, 7) is 4.05. The summed E-state index contributed by atoms with van der Waals surface area (Å²) < 4.78 is 5.40. The highest BCUT2D eigenvalue weighted by atomic mass is 16.5. The van der Waals surface area contributed by atoms with Gasteiger partial charge in [-0.3, -0.25) is 0 Å². The van der Waals surface area contributed by atoms with E-state index in [1.165, 1.54) is 5.56 Å². The number of benzene rings is 1. The maximum absolute atomic E-state index is 9.51. The molecule has 2 rings (SSSR count). The van der Waals surface area contributed by atoms with Crippen LogP contribution in [0.15, 0.2) is 18.2 Å². The molecule has 1 heterocycles. The average Bonchev–Trinajstić information content (AvgIpc) is 2.41. The van der Waals surface area contributed by atoms with Crippen LogP contribution in [0.3, 0.4) is 0 Å². The normalized spacial score (nSPS) is 21.1. The minimum Gasteiger partial charge on any atom is -0.496 e. The van der Waals surface area contributed by atoms with Gasteiger partial charge in [-0.15, -0.1) is 0 Å². The molecule has 0 aromatic heterocycles. The highest BCUT2D eigenvalue weighted by Gasteiger charge is 2.27. The van der Waals surface area contributed by atoms with Gasteiger partial charge < -0.3 is 10.1 Å². The van der Waals surface area contributed by atoms with Crippen LogP contribution in [-0.4, -0.2) is 20.2 Å². The number of aryl methyl sites for hydroxylation is 1. The molecule has 3 heteroatoms. The fourth-order valence-corrected chi connectivity index (χ4v) is 2.69. The van der Waals surface area contributed by atoms with Gasteiger partial charge in [0.05, 0.1) is 19.1 Å². The van der Waals surface area contributed by atoms with E-state index in [2.05, 4.69) is 24.4 Å². The van der Waals surface area contributed by atoms with E-state index >= 15 is 0 Å². The minimum atomic E-state index is -0.0763. The first-order chi connectivity index (χ1) is 8.76. The molecule has 1 aromatic carbocycles. The molecule has 2 atom stereocenters. The Labute approximate surface area is 109 Å². The van der Waals surface area contributed by atoms with Crippen molar-refractivity contribution in [3.63, 3.8) is 0 Å². The van der Waals surface area contributed by atoms with E-state index in [4.69, 9.17) is 4.74 Å². The second kappa shape index (κ2) is 5.88. The molecule has 1 N–H and O–H groups in total. The van der Waals surface area contributed by atoms with Gasteiger partial charge in [-0.2, -0.15) is 5.26 Å². The zero-order chi connectivity index (χ0) is 13.0. The van der Waals surface area contributed by atoms with Crippen molar-refractivity contribution in [3.05, 3.63) is 29.3 Å². The Hall–Kier alpha value is -1.53. The first kappa shape index (κ1) is 12.9.